The Hall–Kier alpha value is -7.36. The zero-order chi connectivity index (χ0) is 36.3. The maximum Gasteiger partial charge on any atom is 0.136 e. The lowest BCUT2D eigenvalue weighted by Crippen LogP contribution is -2.11. The number of anilines is 3. The van der Waals surface area contributed by atoms with Gasteiger partial charge in [0.1, 0.15) is 22.3 Å². The zero-order valence-electron chi connectivity index (χ0n) is 29.8. The van der Waals surface area contributed by atoms with Gasteiger partial charge in [-0.3, -0.25) is 0 Å². The lowest BCUT2D eigenvalue weighted by molar-refractivity contribution is 0.669. The fraction of sp³-hybridized carbons (Fsp3) is 0. The van der Waals surface area contributed by atoms with E-state index in [1.54, 1.807) is 0 Å². The SMILES string of the molecule is c1ccc(-c2ccc(N(c3ccc(-c4ccc5oc6ccccc6c5c4)cc3)c3ccccc3-c3ccc4oc5cc6ccccc6cc5c4c3)cc2)cc1. The van der Waals surface area contributed by atoms with Gasteiger partial charge in [0.05, 0.1) is 5.69 Å². The number of rotatable bonds is 6. The number of furan rings is 2. The van der Waals surface area contributed by atoms with Crippen molar-refractivity contribution in [2.45, 2.75) is 0 Å². The van der Waals surface area contributed by atoms with Gasteiger partial charge in [-0.05, 0) is 111 Å². The molecule has 0 aliphatic heterocycles. The fourth-order valence-corrected chi connectivity index (χ4v) is 8.11. The van der Waals surface area contributed by atoms with Gasteiger partial charge in [0.25, 0.3) is 0 Å². The zero-order valence-corrected chi connectivity index (χ0v) is 29.8. The minimum atomic E-state index is 0.886. The van der Waals surface area contributed by atoms with E-state index in [1.807, 2.05) is 12.1 Å². The quantitative estimate of drug-likeness (QED) is 0.173. The molecule has 2 heterocycles. The lowest BCUT2D eigenvalue weighted by Gasteiger charge is -2.28. The molecule has 0 spiro atoms. The number of fused-ring (bicyclic) bond motifs is 7. The molecule has 3 nitrogen and oxygen atoms in total. The third kappa shape index (κ3) is 5.36. The van der Waals surface area contributed by atoms with Crippen molar-refractivity contribution in [3.63, 3.8) is 0 Å². The van der Waals surface area contributed by atoms with E-state index >= 15 is 0 Å². The Labute approximate surface area is 317 Å². The first-order valence-corrected chi connectivity index (χ1v) is 18.7. The van der Waals surface area contributed by atoms with E-state index in [4.69, 9.17) is 8.83 Å². The van der Waals surface area contributed by atoms with E-state index in [2.05, 4.69) is 193 Å². The summed E-state index contributed by atoms with van der Waals surface area (Å²) in [6, 6.07) is 71.2. The molecule has 0 aliphatic carbocycles. The average molecular weight is 704 g/mol. The van der Waals surface area contributed by atoms with Gasteiger partial charge in [-0.2, -0.15) is 0 Å². The molecule has 0 unspecified atom stereocenters. The maximum absolute atomic E-state index is 6.39. The number of benzene rings is 9. The number of nitrogens with zero attached hydrogens (tertiary/aromatic N) is 1. The van der Waals surface area contributed by atoms with Crippen molar-refractivity contribution in [1.29, 1.82) is 0 Å². The van der Waals surface area contributed by atoms with Crippen molar-refractivity contribution >= 4 is 71.7 Å². The number of para-hydroxylation sites is 2. The van der Waals surface area contributed by atoms with E-state index in [9.17, 15) is 0 Å². The van der Waals surface area contributed by atoms with Gasteiger partial charge in [-0.1, -0.05) is 127 Å². The molecule has 258 valence electrons. The third-order valence-electron chi connectivity index (χ3n) is 10.9. The minimum Gasteiger partial charge on any atom is -0.456 e. The summed E-state index contributed by atoms with van der Waals surface area (Å²) >= 11 is 0. The fourth-order valence-electron chi connectivity index (χ4n) is 8.11. The summed E-state index contributed by atoms with van der Waals surface area (Å²) in [4.78, 5) is 2.37. The van der Waals surface area contributed by atoms with Crippen LogP contribution in [0.4, 0.5) is 17.1 Å². The van der Waals surface area contributed by atoms with Gasteiger partial charge < -0.3 is 13.7 Å². The summed E-state index contributed by atoms with van der Waals surface area (Å²) in [5.74, 6) is 0. The summed E-state index contributed by atoms with van der Waals surface area (Å²) < 4.78 is 12.5. The monoisotopic (exact) mass is 703 g/mol. The highest BCUT2D eigenvalue weighted by molar-refractivity contribution is 6.11. The normalized spacial score (nSPS) is 11.6. The molecule has 11 aromatic rings. The van der Waals surface area contributed by atoms with Crippen LogP contribution in [0.1, 0.15) is 0 Å². The Bertz CT molecular complexity index is 3190. The van der Waals surface area contributed by atoms with Crippen LogP contribution in [-0.2, 0) is 0 Å². The van der Waals surface area contributed by atoms with Crippen LogP contribution in [0.15, 0.2) is 209 Å². The second-order valence-electron chi connectivity index (χ2n) is 14.1. The first-order valence-electron chi connectivity index (χ1n) is 18.7. The molecule has 2 aromatic heterocycles. The number of hydrogen-bond donors (Lipinski definition) is 0. The van der Waals surface area contributed by atoms with Crippen LogP contribution in [0.3, 0.4) is 0 Å². The Morgan fingerprint density at radius 2 is 0.782 bits per heavy atom. The molecule has 0 bridgehead atoms. The summed E-state index contributed by atoms with van der Waals surface area (Å²) in [6.07, 6.45) is 0. The Kier molecular flexibility index (Phi) is 7.17. The van der Waals surface area contributed by atoms with E-state index in [-0.39, 0.29) is 0 Å². The molecule has 9 aromatic carbocycles. The second-order valence-corrected chi connectivity index (χ2v) is 14.1. The minimum absolute atomic E-state index is 0.886. The van der Waals surface area contributed by atoms with Crippen LogP contribution in [0.25, 0.3) is 88.0 Å². The molecule has 3 heteroatoms. The van der Waals surface area contributed by atoms with Crippen LogP contribution >= 0.6 is 0 Å². The van der Waals surface area contributed by atoms with Gasteiger partial charge in [-0.15, -0.1) is 0 Å². The van der Waals surface area contributed by atoms with E-state index in [1.165, 1.54) is 21.9 Å². The predicted octanol–water partition coefficient (Wildman–Crippen LogP) is 15.1. The smallest absolute Gasteiger partial charge is 0.136 e. The first-order chi connectivity index (χ1) is 27.2. The molecule has 0 radical (unpaired) electrons. The van der Waals surface area contributed by atoms with Gasteiger partial charge in [0.15, 0.2) is 0 Å². The molecule has 0 fully saturated rings. The highest BCUT2D eigenvalue weighted by Crippen LogP contribution is 2.44. The van der Waals surface area contributed by atoms with Gasteiger partial charge in [0.2, 0.25) is 0 Å². The summed E-state index contributed by atoms with van der Waals surface area (Å²) in [5, 5.41) is 6.87. The summed E-state index contributed by atoms with van der Waals surface area (Å²) in [6.45, 7) is 0. The van der Waals surface area contributed by atoms with Crippen LogP contribution in [0, 0.1) is 0 Å². The molecule has 0 saturated carbocycles. The van der Waals surface area contributed by atoms with Crippen molar-refractivity contribution in [3.05, 3.63) is 200 Å². The molecular formula is C52H33NO2. The summed E-state index contributed by atoms with van der Waals surface area (Å²) in [7, 11) is 0. The van der Waals surface area contributed by atoms with Crippen LogP contribution in [-0.4, -0.2) is 0 Å². The highest BCUT2D eigenvalue weighted by atomic mass is 16.3. The highest BCUT2D eigenvalue weighted by Gasteiger charge is 2.19. The largest absolute Gasteiger partial charge is 0.456 e. The molecule has 0 saturated heterocycles. The average Bonchev–Trinajstić information content (AvgIpc) is 3.81. The summed E-state index contributed by atoms with van der Waals surface area (Å²) in [5.41, 5.74) is 13.8. The molecule has 0 amide bonds. The van der Waals surface area contributed by atoms with Crippen LogP contribution in [0.2, 0.25) is 0 Å². The third-order valence-corrected chi connectivity index (χ3v) is 10.9. The van der Waals surface area contributed by atoms with E-state index in [0.29, 0.717) is 0 Å². The molecular weight excluding hydrogens is 671 g/mol. The molecule has 11 rings (SSSR count). The second kappa shape index (κ2) is 12.6. The lowest BCUT2D eigenvalue weighted by atomic mass is 9.98. The van der Waals surface area contributed by atoms with E-state index < -0.39 is 0 Å². The van der Waals surface area contributed by atoms with Crippen LogP contribution in [0.5, 0.6) is 0 Å². The van der Waals surface area contributed by atoms with Crippen molar-refractivity contribution in [2.75, 3.05) is 4.90 Å². The van der Waals surface area contributed by atoms with Gasteiger partial charge in [-0.25, -0.2) is 0 Å². The van der Waals surface area contributed by atoms with Gasteiger partial charge in [0, 0.05) is 38.5 Å². The Morgan fingerprint density at radius 3 is 1.55 bits per heavy atom. The van der Waals surface area contributed by atoms with Gasteiger partial charge >= 0.3 is 0 Å². The molecule has 0 atom stereocenters. The topological polar surface area (TPSA) is 29.5 Å². The standard InChI is InChI=1S/C52H33NO2/c1-2-10-34(11-3-1)35-18-24-41(25-19-35)53(42-26-20-36(21-27-42)39-22-28-50-45(31-39)44-15-7-9-17-49(44)54-50)48-16-8-6-14-43(48)40-23-29-51-46(32-40)47-30-37-12-4-5-13-38(37)33-52(47)55-51/h1-33H. The predicted molar refractivity (Wildman–Crippen MR) is 229 cm³/mol. The molecule has 0 N–H and O–H groups in total. The van der Waals surface area contributed by atoms with E-state index in [0.717, 1.165) is 83.2 Å². The first kappa shape index (κ1) is 31.2. The van der Waals surface area contributed by atoms with Crippen molar-refractivity contribution < 1.29 is 8.83 Å². The number of hydrogen-bond acceptors (Lipinski definition) is 3. The van der Waals surface area contributed by atoms with Crippen molar-refractivity contribution in [1.82, 2.24) is 0 Å². The molecule has 55 heavy (non-hydrogen) atoms. The molecule has 0 aliphatic rings. The van der Waals surface area contributed by atoms with Crippen molar-refractivity contribution in [2.24, 2.45) is 0 Å². The van der Waals surface area contributed by atoms with Crippen molar-refractivity contribution in [3.8, 4) is 33.4 Å². The Balaban J connectivity index is 1.04. The van der Waals surface area contributed by atoms with Crippen LogP contribution < -0.4 is 4.90 Å². The Morgan fingerprint density at radius 1 is 0.291 bits per heavy atom. The maximum atomic E-state index is 6.39.